The van der Waals surface area contributed by atoms with Crippen LogP contribution in [0.5, 0.6) is 0 Å². The quantitative estimate of drug-likeness (QED) is 0.481. The zero-order chi connectivity index (χ0) is 13.0. The standard InChI is InChI=1S/C12H15N5S/c1-16(2)9-13-11-14-12(18-3)15-17(11)10-7-5-4-6-8-10/h4-9H,1-3H3/b13-9+. The average Bonchev–Trinajstić information content (AvgIpc) is 2.80. The lowest BCUT2D eigenvalue weighted by Crippen LogP contribution is -2.07. The van der Waals surface area contributed by atoms with Crippen LogP contribution < -0.4 is 0 Å². The molecule has 0 radical (unpaired) electrons. The fourth-order valence-corrected chi connectivity index (χ4v) is 1.70. The summed E-state index contributed by atoms with van der Waals surface area (Å²) in [6.45, 7) is 0. The minimum atomic E-state index is 0.583. The molecule has 0 spiro atoms. The monoisotopic (exact) mass is 261 g/mol. The maximum atomic E-state index is 4.41. The average molecular weight is 261 g/mol. The molecule has 0 amide bonds. The van der Waals surface area contributed by atoms with Gasteiger partial charge in [0.1, 0.15) is 0 Å². The topological polar surface area (TPSA) is 46.3 Å². The first-order valence-corrected chi connectivity index (χ1v) is 6.70. The van der Waals surface area contributed by atoms with E-state index < -0.39 is 0 Å². The van der Waals surface area contributed by atoms with Crippen molar-refractivity contribution in [1.29, 1.82) is 0 Å². The Hall–Kier alpha value is -1.82. The highest BCUT2D eigenvalue weighted by Crippen LogP contribution is 2.20. The summed E-state index contributed by atoms with van der Waals surface area (Å²) in [6, 6.07) is 9.87. The van der Waals surface area contributed by atoms with E-state index in [9.17, 15) is 0 Å². The molecule has 0 aliphatic carbocycles. The van der Waals surface area contributed by atoms with Crippen LogP contribution in [0.25, 0.3) is 5.69 Å². The van der Waals surface area contributed by atoms with Crippen molar-refractivity contribution in [3.63, 3.8) is 0 Å². The minimum absolute atomic E-state index is 0.583. The Morgan fingerprint density at radius 1 is 1.28 bits per heavy atom. The number of hydrogen-bond donors (Lipinski definition) is 0. The van der Waals surface area contributed by atoms with Gasteiger partial charge in [-0.2, -0.15) is 9.67 Å². The van der Waals surface area contributed by atoms with E-state index >= 15 is 0 Å². The molecule has 0 aliphatic heterocycles. The first-order valence-electron chi connectivity index (χ1n) is 5.48. The van der Waals surface area contributed by atoms with Crippen molar-refractivity contribution in [2.24, 2.45) is 4.99 Å². The first-order chi connectivity index (χ1) is 8.70. The van der Waals surface area contributed by atoms with Gasteiger partial charge in [0.05, 0.1) is 12.0 Å². The molecular weight excluding hydrogens is 246 g/mol. The normalized spacial score (nSPS) is 11.1. The van der Waals surface area contributed by atoms with Crippen LogP contribution in [0, 0.1) is 0 Å². The molecule has 2 aromatic rings. The van der Waals surface area contributed by atoms with E-state index in [-0.39, 0.29) is 0 Å². The Labute approximate surface area is 111 Å². The number of hydrogen-bond acceptors (Lipinski definition) is 4. The predicted octanol–water partition coefficient (Wildman–Crippen LogP) is 2.21. The zero-order valence-electron chi connectivity index (χ0n) is 10.6. The zero-order valence-corrected chi connectivity index (χ0v) is 11.4. The summed E-state index contributed by atoms with van der Waals surface area (Å²) in [5.74, 6) is 0.583. The van der Waals surface area contributed by atoms with Crippen molar-refractivity contribution in [2.75, 3.05) is 20.4 Å². The van der Waals surface area contributed by atoms with Crippen molar-refractivity contribution in [3.05, 3.63) is 30.3 Å². The summed E-state index contributed by atoms with van der Waals surface area (Å²) < 4.78 is 1.74. The molecular formula is C12H15N5S. The SMILES string of the molecule is CSc1nc(/N=C/N(C)C)n(-c2ccccc2)n1. The summed E-state index contributed by atoms with van der Waals surface area (Å²) in [5.41, 5.74) is 0.955. The molecule has 5 nitrogen and oxygen atoms in total. The van der Waals surface area contributed by atoms with E-state index in [1.165, 1.54) is 11.8 Å². The van der Waals surface area contributed by atoms with E-state index in [1.54, 1.807) is 11.0 Å². The highest BCUT2D eigenvalue weighted by molar-refractivity contribution is 7.98. The molecule has 0 unspecified atom stereocenters. The lowest BCUT2D eigenvalue weighted by Gasteiger charge is -2.03. The van der Waals surface area contributed by atoms with E-state index in [2.05, 4.69) is 15.1 Å². The smallest absolute Gasteiger partial charge is 0.255 e. The molecule has 0 atom stereocenters. The molecule has 94 valence electrons. The van der Waals surface area contributed by atoms with Gasteiger partial charge in [0, 0.05) is 14.1 Å². The number of thioether (sulfide) groups is 1. The van der Waals surface area contributed by atoms with Crippen molar-refractivity contribution in [1.82, 2.24) is 19.7 Å². The fourth-order valence-electron chi connectivity index (χ4n) is 1.37. The van der Waals surface area contributed by atoms with Crippen molar-refractivity contribution >= 4 is 24.0 Å². The first kappa shape index (κ1) is 12.6. The van der Waals surface area contributed by atoms with E-state index in [4.69, 9.17) is 0 Å². The molecule has 1 aromatic heterocycles. The number of aliphatic imine (C=N–C) groups is 1. The Bertz CT molecular complexity index is 533. The Morgan fingerprint density at radius 2 is 2.00 bits per heavy atom. The second kappa shape index (κ2) is 5.68. The number of rotatable bonds is 4. The summed E-state index contributed by atoms with van der Waals surface area (Å²) in [7, 11) is 3.84. The summed E-state index contributed by atoms with van der Waals surface area (Å²) in [5, 5.41) is 5.13. The van der Waals surface area contributed by atoms with E-state index in [1.807, 2.05) is 55.6 Å². The predicted molar refractivity (Wildman–Crippen MR) is 75.0 cm³/mol. The van der Waals surface area contributed by atoms with Gasteiger partial charge >= 0.3 is 0 Å². The highest BCUT2D eigenvalue weighted by Gasteiger charge is 2.09. The molecule has 0 saturated carbocycles. The Morgan fingerprint density at radius 3 is 2.61 bits per heavy atom. The summed E-state index contributed by atoms with van der Waals surface area (Å²) in [6.07, 6.45) is 3.66. The van der Waals surface area contributed by atoms with Gasteiger partial charge in [0.25, 0.3) is 5.95 Å². The molecule has 2 rings (SSSR count). The third-order valence-corrected chi connectivity index (χ3v) is 2.70. The summed E-state index contributed by atoms with van der Waals surface area (Å²) in [4.78, 5) is 10.6. The highest BCUT2D eigenvalue weighted by atomic mass is 32.2. The van der Waals surface area contributed by atoms with Crippen LogP contribution in [-0.4, -0.2) is 46.4 Å². The van der Waals surface area contributed by atoms with Gasteiger partial charge in [-0.3, -0.25) is 0 Å². The van der Waals surface area contributed by atoms with Crippen LogP contribution in [0.4, 0.5) is 5.95 Å². The van der Waals surface area contributed by atoms with Crippen LogP contribution >= 0.6 is 11.8 Å². The van der Waals surface area contributed by atoms with Crippen LogP contribution in [0.2, 0.25) is 0 Å². The molecule has 0 aliphatic rings. The molecule has 0 fully saturated rings. The largest absolute Gasteiger partial charge is 0.369 e. The van der Waals surface area contributed by atoms with E-state index in [0.29, 0.717) is 11.1 Å². The number of para-hydroxylation sites is 1. The van der Waals surface area contributed by atoms with Crippen molar-refractivity contribution in [2.45, 2.75) is 5.16 Å². The fraction of sp³-hybridized carbons (Fsp3) is 0.250. The lowest BCUT2D eigenvalue weighted by atomic mass is 10.3. The van der Waals surface area contributed by atoms with Crippen molar-refractivity contribution in [3.8, 4) is 5.69 Å². The third-order valence-electron chi connectivity index (χ3n) is 2.16. The van der Waals surface area contributed by atoms with Crippen molar-refractivity contribution < 1.29 is 0 Å². The van der Waals surface area contributed by atoms with Crippen LogP contribution in [0.15, 0.2) is 40.5 Å². The number of benzene rings is 1. The van der Waals surface area contributed by atoms with Crippen LogP contribution in [0.1, 0.15) is 0 Å². The molecule has 6 heteroatoms. The molecule has 1 heterocycles. The van der Waals surface area contributed by atoms with Gasteiger partial charge in [-0.25, -0.2) is 4.99 Å². The van der Waals surface area contributed by atoms with Gasteiger partial charge in [0.2, 0.25) is 5.16 Å². The number of nitrogens with zero attached hydrogens (tertiary/aromatic N) is 5. The third kappa shape index (κ3) is 2.89. The molecule has 0 saturated heterocycles. The molecule has 18 heavy (non-hydrogen) atoms. The molecule has 1 aromatic carbocycles. The van der Waals surface area contributed by atoms with E-state index in [0.717, 1.165) is 5.69 Å². The maximum absolute atomic E-state index is 4.41. The van der Waals surface area contributed by atoms with Crippen LogP contribution in [-0.2, 0) is 0 Å². The Balaban J connectivity index is 2.42. The van der Waals surface area contributed by atoms with Gasteiger partial charge in [-0.15, -0.1) is 5.10 Å². The Kier molecular flexibility index (Phi) is 3.99. The summed E-state index contributed by atoms with van der Waals surface area (Å²) >= 11 is 1.50. The van der Waals surface area contributed by atoms with Gasteiger partial charge in [-0.1, -0.05) is 30.0 Å². The van der Waals surface area contributed by atoms with Gasteiger partial charge < -0.3 is 4.90 Å². The lowest BCUT2D eigenvalue weighted by molar-refractivity contribution is 0.642. The second-order valence-electron chi connectivity index (χ2n) is 3.85. The maximum Gasteiger partial charge on any atom is 0.255 e. The van der Waals surface area contributed by atoms with Gasteiger partial charge in [0.15, 0.2) is 0 Å². The molecule has 0 bridgehead atoms. The van der Waals surface area contributed by atoms with Gasteiger partial charge in [-0.05, 0) is 18.4 Å². The minimum Gasteiger partial charge on any atom is -0.369 e. The molecule has 0 N–H and O–H groups in total. The number of aromatic nitrogens is 3. The second-order valence-corrected chi connectivity index (χ2v) is 4.63. The van der Waals surface area contributed by atoms with Crippen LogP contribution in [0.3, 0.4) is 0 Å².